The number of nitrogen functional groups attached to an aromatic ring is 1. The van der Waals surface area contributed by atoms with Crippen molar-refractivity contribution in [1.29, 1.82) is 0 Å². The zero-order valence-corrected chi connectivity index (χ0v) is 15.9. The SMILES string of the molecule is COc1ccc(C(=O)NC(C(=O)Nc2ccc(OC)c(N)c2)C(C)C)cc1. The minimum atomic E-state index is -0.706. The molecule has 4 N–H and O–H groups in total. The molecule has 0 aliphatic heterocycles. The van der Waals surface area contributed by atoms with Crippen molar-refractivity contribution in [1.82, 2.24) is 5.32 Å². The lowest BCUT2D eigenvalue weighted by Crippen LogP contribution is -2.47. The van der Waals surface area contributed by atoms with E-state index in [2.05, 4.69) is 10.6 Å². The van der Waals surface area contributed by atoms with E-state index in [-0.39, 0.29) is 17.7 Å². The first-order chi connectivity index (χ1) is 12.8. The van der Waals surface area contributed by atoms with Crippen LogP contribution in [-0.2, 0) is 4.79 Å². The topological polar surface area (TPSA) is 103 Å². The van der Waals surface area contributed by atoms with Crippen molar-refractivity contribution in [3.63, 3.8) is 0 Å². The Labute approximate surface area is 158 Å². The Balaban J connectivity index is 2.10. The molecule has 0 heterocycles. The van der Waals surface area contributed by atoms with E-state index in [0.717, 1.165) is 0 Å². The van der Waals surface area contributed by atoms with Crippen molar-refractivity contribution in [2.45, 2.75) is 19.9 Å². The van der Waals surface area contributed by atoms with Crippen LogP contribution in [0.2, 0.25) is 0 Å². The van der Waals surface area contributed by atoms with Crippen LogP contribution in [0.1, 0.15) is 24.2 Å². The molecule has 2 aromatic rings. The maximum absolute atomic E-state index is 12.7. The van der Waals surface area contributed by atoms with Crippen molar-refractivity contribution >= 4 is 23.2 Å². The van der Waals surface area contributed by atoms with E-state index >= 15 is 0 Å². The number of benzene rings is 2. The van der Waals surface area contributed by atoms with Crippen LogP contribution in [0.3, 0.4) is 0 Å². The molecule has 2 rings (SSSR count). The summed E-state index contributed by atoms with van der Waals surface area (Å²) in [6.07, 6.45) is 0. The summed E-state index contributed by atoms with van der Waals surface area (Å²) in [5.74, 6) is 0.419. The highest BCUT2D eigenvalue weighted by Gasteiger charge is 2.25. The Bertz CT molecular complexity index is 803. The van der Waals surface area contributed by atoms with Crippen LogP contribution < -0.4 is 25.8 Å². The summed E-state index contributed by atoms with van der Waals surface area (Å²) in [5, 5.41) is 5.56. The van der Waals surface area contributed by atoms with E-state index in [1.807, 2.05) is 13.8 Å². The van der Waals surface area contributed by atoms with Crippen molar-refractivity contribution < 1.29 is 19.1 Å². The number of hydrogen-bond donors (Lipinski definition) is 3. The van der Waals surface area contributed by atoms with Crippen LogP contribution in [0.15, 0.2) is 42.5 Å². The predicted octanol–water partition coefficient (Wildman–Crippen LogP) is 2.68. The lowest BCUT2D eigenvalue weighted by molar-refractivity contribution is -0.118. The average Bonchev–Trinajstić information content (AvgIpc) is 2.65. The standard InChI is InChI=1S/C20H25N3O4/c1-12(2)18(23-19(24)13-5-8-15(26-3)9-6-13)20(25)22-14-7-10-17(27-4)16(21)11-14/h5-12,18H,21H2,1-4H3,(H,22,25)(H,23,24). The van der Waals surface area contributed by atoms with E-state index in [4.69, 9.17) is 15.2 Å². The molecule has 1 atom stereocenters. The van der Waals surface area contributed by atoms with Crippen molar-refractivity contribution in [3.8, 4) is 11.5 Å². The maximum Gasteiger partial charge on any atom is 0.251 e. The van der Waals surface area contributed by atoms with Gasteiger partial charge in [-0.15, -0.1) is 0 Å². The molecule has 0 radical (unpaired) electrons. The van der Waals surface area contributed by atoms with Crippen LogP contribution in [0, 0.1) is 5.92 Å². The largest absolute Gasteiger partial charge is 0.497 e. The molecule has 7 nitrogen and oxygen atoms in total. The third kappa shape index (κ3) is 5.13. The molecule has 144 valence electrons. The molecule has 2 amide bonds. The average molecular weight is 371 g/mol. The third-order valence-electron chi connectivity index (χ3n) is 4.09. The molecule has 0 spiro atoms. The van der Waals surface area contributed by atoms with Gasteiger partial charge in [0.1, 0.15) is 17.5 Å². The lowest BCUT2D eigenvalue weighted by Gasteiger charge is -2.22. The monoisotopic (exact) mass is 371 g/mol. The van der Waals surface area contributed by atoms with Gasteiger partial charge in [-0.1, -0.05) is 13.8 Å². The van der Waals surface area contributed by atoms with Crippen LogP contribution in [-0.4, -0.2) is 32.1 Å². The molecule has 27 heavy (non-hydrogen) atoms. The number of nitrogens with two attached hydrogens (primary N) is 1. The molecular weight excluding hydrogens is 346 g/mol. The molecule has 0 aromatic heterocycles. The quantitative estimate of drug-likeness (QED) is 0.650. The number of nitrogens with one attached hydrogen (secondary N) is 2. The van der Waals surface area contributed by atoms with Gasteiger partial charge >= 0.3 is 0 Å². The van der Waals surface area contributed by atoms with Gasteiger partial charge < -0.3 is 25.8 Å². The summed E-state index contributed by atoms with van der Waals surface area (Å²) in [7, 11) is 3.08. The van der Waals surface area contributed by atoms with Gasteiger partial charge in [0.15, 0.2) is 0 Å². The van der Waals surface area contributed by atoms with Gasteiger partial charge in [0.25, 0.3) is 5.91 Å². The van der Waals surface area contributed by atoms with E-state index in [1.54, 1.807) is 49.6 Å². The second-order valence-corrected chi connectivity index (χ2v) is 6.37. The Kier molecular flexibility index (Phi) is 6.65. The van der Waals surface area contributed by atoms with Crippen molar-refractivity contribution in [3.05, 3.63) is 48.0 Å². The van der Waals surface area contributed by atoms with Crippen LogP contribution in [0.4, 0.5) is 11.4 Å². The number of carbonyl (C=O) groups is 2. The number of ether oxygens (including phenoxy) is 2. The van der Waals surface area contributed by atoms with Gasteiger partial charge in [-0.05, 0) is 48.4 Å². The van der Waals surface area contributed by atoms with Gasteiger partial charge in [0, 0.05) is 11.3 Å². The zero-order chi connectivity index (χ0) is 20.0. The summed E-state index contributed by atoms with van der Waals surface area (Å²) < 4.78 is 10.2. The second-order valence-electron chi connectivity index (χ2n) is 6.37. The first-order valence-electron chi connectivity index (χ1n) is 8.55. The highest BCUT2D eigenvalue weighted by atomic mass is 16.5. The number of carbonyl (C=O) groups excluding carboxylic acids is 2. The normalized spacial score (nSPS) is 11.6. The molecule has 0 aliphatic rings. The van der Waals surface area contributed by atoms with Crippen LogP contribution in [0.25, 0.3) is 0 Å². The lowest BCUT2D eigenvalue weighted by atomic mass is 10.0. The van der Waals surface area contributed by atoms with E-state index < -0.39 is 6.04 Å². The number of rotatable bonds is 7. The molecular formula is C20H25N3O4. The van der Waals surface area contributed by atoms with Crippen LogP contribution >= 0.6 is 0 Å². The fourth-order valence-electron chi connectivity index (χ4n) is 2.53. The van der Waals surface area contributed by atoms with Crippen LogP contribution in [0.5, 0.6) is 11.5 Å². The molecule has 0 saturated carbocycles. The Morgan fingerprint density at radius 2 is 1.67 bits per heavy atom. The van der Waals surface area contributed by atoms with E-state index in [1.165, 1.54) is 7.11 Å². The van der Waals surface area contributed by atoms with E-state index in [9.17, 15) is 9.59 Å². The van der Waals surface area contributed by atoms with Gasteiger partial charge in [-0.25, -0.2) is 0 Å². The highest BCUT2D eigenvalue weighted by molar-refractivity contribution is 6.01. The Hall–Kier alpha value is -3.22. The Morgan fingerprint density at radius 3 is 2.19 bits per heavy atom. The smallest absolute Gasteiger partial charge is 0.251 e. The summed E-state index contributed by atoms with van der Waals surface area (Å²) in [6, 6.07) is 10.9. The van der Waals surface area contributed by atoms with Crippen molar-refractivity contribution in [2.24, 2.45) is 5.92 Å². The predicted molar refractivity (Wildman–Crippen MR) is 105 cm³/mol. The summed E-state index contributed by atoms with van der Waals surface area (Å²) >= 11 is 0. The number of anilines is 2. The fraction of sp³-hybridized carbons (Fsp3) is 0.300. The molecule has 7 heteroatoms. The molecule has 1 unspecified atom stereocenters. The molecule has 0 aliphatic carbocycles. The fourth-order valence-corrected chi connectivity index (χ4v) is 2.53. The maximum atomic E-state index is 12.7. The van der Waals surface area contributed by atoms with Gasteiger partial charge in [-0.2, -0.15) is 0 Å². The molecule has 2 aromatic carbocycles. The molecule has 0 bridgehead atoms. The first-order valence-corrected chi connectivity index (χ1v) is 8.55. The van der Waals surface area contributed by atoms with Gasteiger partial charge in [-0.3, -0.25) is 9.59 Å². The third-order valence-corrected chi connectivity index (χ3v) is 4.09. The van der Waals surface area contributed by atoms with E-state index in [0.29, 0.717) is 28.4 Å². The molecule has 0 saturated heterocycles. The first kappa shape index (κ1) is 20.1. The summed E-state index contributed by atoms with van der Waals surface area (Å²) in [6.45, 7) is 3.72. The minimum Gasteiger partial charge on any atom is -0.497 e. The second kappa shape index (κ2) is 8.93. The summed E-state index contributed by atoms with van der Waals surface area (Å²) in [4.78, 5) is 25.2. The highest BCUT2D eigenvalue weighted by Crippen LogP contribution is 2.24. The summed E-state index contributed by atoms with van der Waals surface area (Å²) in [5.41, 5.74) is 7.26. The number of methoxy groups -OCH3 is 2. The number of hydrogen-bond acceptors (Lipinski definition) is 5. The van der Waals surface area contributed by atoms with Crippen molar-refractivity contribution in [2.75, 3.05) is 25.3 Å². The zero-order valence-electron chi connectivity index (χ0n) is 15.9. The van der Waals surface area contributed by atoms with Gasteiger partial charge in [0.05, 0.1) is 19.9 Å². The molecule has 0 fully saturated rings. The Morgan fingerprint density at radius 1 is 1.00 bits per heavy atom. The minimum absolute atomic E-state index is 0.109. The van der Waals surface area contributed by atoms with Gasteiger partial charge in [0.2, 0.25) is 5.91 Å². The number of amides is 2.